The number of nitrogens with zero attached hydrogens (tertiary/aromatic N) is 4. The van der Waals surface area contributed by atoms with E-state index in [1.165, 1.54) is 0 Å². The number of hydrogen-bond donors (Lipinski definition) is 0. The number of fused-ring (bicyclic) bond motifs is 1. The minimum absolute atomic E-state index is 0.690. The largest absolute Gasteiger partial charge is 0.328 e. The Morgan fingerprint density at radius 3 is 1.96 bits per heavy atom. The molecular weight excluding hydrogens is 328 g/mol. The summed E-state index contributed by atoms with van der Waals surface area (Å²) in [4.78, 5) is 13.8. The van der Waals surface area contributed by atoms with E-state index in [2.05, 4.69) is 34.5 Å². The van der Waals surface area contributed by atoms with Gasteiger partial charge in [0.25, 0.3) is 0 Å². The normalized spacial score (nSPS) is 10.8. The molecule has 0 aliphatic heterocycles. The number of thiophene rings is 1. The maximum absolute atomic E-state index is 4.88. The highest BCUT2D eigenvalue weighted by molar-refractivity contribution is 7.17. The molecule has 0 amide bonds. The highest BCUT2D eigenvalue weighted by Gasteiger charge is 2.16. The summed E-state index contributed by atoms with van der Waals surface area (Å²) in [6.45, 7) is 0. The van der Waals surface area contributed by atoms with E-state index < -0.39 is 0 Å². The second-order valence-corrected chi connectivity index (χ2v) is 6.69. The zero-order valence-corrected chi connectivity index (χ0v) is 14.9. The lowest BCUT2D eigenvalue weighted by molar-refractivity contribution is 1.04. The van der Waals surface area contributed by atoms with Crippen molar-refractivity contribution in [2.45, 2.75) is 0 Å². The maximum atomic E-state index is 4.88. The smallest absolute Gasteiger partial charge is 0.232 e. The summed E-state index contributed by atoms with van der Waals surface area (Å²) in [6, 6.07) is 22.5. The third-order valence-corrected chi connectivity index (χ3v) is 5.08. The molecule has 4 rings (SSSR count). The van der Waals surface area contributed by atoms with Crippen molar-refractivity contribution >= 4 is 44.7 Å². The second kappa shape index (κ2) is 6.53. The molecule has 0 saturated carbocycles. The fraction of sp³-hybridized carbons (Fsp3) is 0.100. The zero-order chi connectivity index (χ0) is 17.2. The van der Waals surface area contributed by atoms with Gasteiger partial charge in [0, 0.05) is 25.5 Å². The van der Waals surface area contributed by atoms with Crippen LogP contribution >= 0.6 is 11.3 Å². The molecule has 2 aromatic heterocycles. The predicted octanol–water partition coefficient (Wildman–Crippen LogP) is 5.23. The van der Waals surface area contributed by atoms with Gasteiger partial charge < -0.3 is 9.80 Å². The predicted molar refractivity (Wildman–Crippen MR) is 106 cm³/mol. The first kappa shape index (κ1) is 15.6. The number of aromatic nitrogens is 2. The van der Waals surface area contributed by atoms with Gasteiger partial charge in [-0.25, -0.2) is 4.98 Å². The SMILES string of the molecule is CN(c1ccccc1)c1nc(N(C)c2ccccc2)c2sccc2n1. The molecule has 0 atom stereocenters. The van der Waals surface area contributed by atoms with Crippen molar-refractivity contribution in [1.29, 1.82) is 0 Å². The first-order chi connectivity index (χ1) is 12.2. The van der Waals surface area contributed by atoms with E-state index in [1.54, 1.807) is 11.3 Å². The first-order valence-electron chi connectivity index (χ1n) is 8.07. The van der Waals surface area contributed by atoms with Crippen molar-refractivity contribution in [3.8, 4) is 0 Å². The molecule has 0 N–H and O–H groups in total. The van der Waals surface area contributed by atoms with E-state index in [4.69, 9.17) is 9.97 Å². The van der Waals surface area contributed by atoms with E-state index in [9.17, 15) is 0 Å². The molecule has 0 unspecified atom stereocenters. The topological polar surface area (TPSA) is 32.3 Å². The Labute approximate surface area is 151 Å². The number of rotatable bonds is 4. The van der Waals surface area contributed by atoms with Crippen molar-refractivity contribution in [3.63, 3.8) is 0 Å². The molecule has 4 aromatic rings. The van der Waals surface area contributed by atoms with Crippen LogP contribution in [-0.2, 0) is 0 Å². The van der Waals surface area contributed by atoms with Crippen LogP contribution in [-0.4, -0.2) is 24.1 Å². The van der Waals surface area contributed by atoms with Crippen LogP contribution in [0.1, 0.15) is 0 Å². The molecule has 25 heavy (non-hydrogen) atoms. The lowest BCUT2D eigenvalue weighted by Crippen LogP contribution is -2.17. The molecule has 124 valence electrons. The minimum Gasteiger partial charge on any atom is -0.328 e. The minimum atomic E-state index is 0.690. The molecule has 2 heterocycles. The number of para-hydroxylation sites is 2. The van der Waals surface area contributed by atoms with Crippen molar-refractivity contribution in [1.82, 2.24) is 9.97 Å². The first-order valence-corrected chi connectivity index (χ1v) is 8.95. The van der Waals surface area contributed by atoms with E-state index in [0.29, 0.717) is 5.95 Å². The van der Waals surface area contributed by atoms with Crippen LogP contribution in [0.15, 0.2) is 72.1 Å². The van der Waals surface area contributed by atoms with E-state index in [1.807, 2.05) is 61.5 Å². The quantitative estimate of drug-likeness (QED) is 0.507. The van der Waals surface area contributed by atoms with Gasteiger partial charge in [-0.15, -0.1) is 11.3 Å². The fourth-order valence-electron chi connectivity index (χ4n) is 2.75. The molecule has 0 aliphatic rings. The van der Waals surface area contributed by atoms with Gasteiger partial charge in [-0.1, -0.05) is 36.4 Å². The Morgan fingerprint density at radius 1 is 0.720 bits per heavy atom. The van der Waals surface area contributed by atoms with Crippen LogP contribution in [0.3, 0.4) is 0 Å². The summed E-state index contributed by atoms with van der Waals surface area (Å²) in [7, 11) is 4.04. The molecule has 4 nitrogen and oxygen atoms in total. The standard InChI is InChI=1S/C20H18N4S/c1-23(15-9-5-3-6-10-15)19-18-17(13-14-25-18)21-20(22-19)24(2)16-11-7-4-8-12-16/h3-14H,1-2H3. The van der Waals surface area contributed by atoms with Gasteiger partial charge in [0.15, 0.2) is 5.82 Å². The molecule has 0 aliphatic carbocycles. The van der Waals surface area contributed by atoms with Gasteiger partial charge in [0.2, 0.25) is 5.95 Å². The maximum Gasteiger partial charge on any atom is 0.232 e. The summed E-state index contributed by atoms with van der Waals surface area (Å²) >= 11 is 1.67. The van der Waals surface area contributed by atoms with Crippen LogP contribution < -0.4 is 9.80 Å². The van der Waals surface area contributed by atoms with Crippen molar-refractivity contribution < 1.29 is 0 Å². The summed E-state index contributed by atoms with van der Waals surface area (Å²) < 4.78 is 1.09. The fourth-order valence-corrected chi connectivity index (χ4v) is 3.61. The summed E-state index contributed by atoms with van der Waals surface area (Å²) in [5.74, 6) is 1.61. The lowest BCUT2D eigenvalue weighted by atomic mass is 10.3. The van der Waals surface area contributed by atoms with Crippen molar-refractivity contribution in [2.24, 2.45) is 0 Å². The van der Waals surface area contributed by atoms with E-state index >= 15 is 0 Å². The number of benzene rings is 2. The molecule has 0 bridgehead atoms. The van der Waals surface area contributed by atoms with Gasteiger partial charge >= 0.3 is 0 Å². The van der Waals surface area contributed by atoms with E-state index in [0.717, 1.165) is 27.4 Å². The second-order valence-electron chi connectivity index (χ2n) is 5.77. The average molecular weight is 346 g/mol. The number of anilines is 4. The molecule has 0 radical (unpaired) electrons. The summed E-state index contributed by atoms with van der Waals surface area (Å²) in [5, 5.41) is 2.06. The van der Waals surface area contributed by atoms with Crippen LogP contribution in [0.25, 0.3) is 10.2 Å². The van der Waals surface area contributed by atoms with Crippen molar-refractivity contribution in [3.05, 3.63) is 72.1 Å². The monoisotopic (exact) mass is 346 g/mol. The molecular formula is C20H18N4S. The Bertz CT molecular complexity index is 982. The van der Waals surface area contributed by atoms with Gasteiger partial charge in [-0.3, -0.25) is 0 Å². The Hall–Kier alpha value is -2.92. The zero-order valence-electron chi connectivity index (χ0n) is 14.1. The third-order valence-electron chi connectivity index (χ3n) is 4.18. The average Bonchev–Trinajstić information content (AvgIpc) is 3.16. The van der Waals surface area contributed by atoms with Gasteiger partial charge in [-0.05, 0) is 35.7 Å². The summed E-state index contributed by atoms with van der Waals surface area (Å²) in [6.07, 6.45) is 0. The molecule has 0 spiro atoms. The van der Waals surface area contributed by atoms with Gasteiger partial charge in [0.1, 0.15) is 0 Å². The Morgan fingerprint density at radius 2 is 1.32 bits per heavy atom. The van der Waals surface area contributed by atoms with E-state index in [-0.39, 0.29) is 0 Å². The van der Waals surface area contributed by atoms with Gasteiger partial charge in [-0.2, -0.15) is 4.98 Å². The van der Waals surface area contributed by atoms with Gasteiger partial charge in [0.05, 0.1) is 10.2 Å². The highest BCUT2D eigenvalue weighted by Crippen LogP contribution is 2.34. The van der Waals surface area contributed by atoms with Crippen LogP contribution in [0.4, 0.5) is 23.1 Å². The lowest BCUT2D eigenvalue weighted by Gasteiger charge is -2.22. The van der Waals surface area contributed by atoms with Crippen LogP contribution in [0.5, 0.6) is 0 Å². The molecule has 0 saturated heterocycles. The van der Waals surface area contributed by atoms with Crippen molar-refractivity contribution in [2.75, 3.05) is 23.9 Å². The molecule has 0 fully saturated rings. The van der Waals surface area contributed by atoms with Crippen LogP contribution in [0, 0.1) is 0 Å². The molecule has 2 aromatic carbocycles. The molecule has 5 heteroatoms. The number of hydrogen-bond acceptors (Lipinski definition) is 5. The Kier molecular flexibility index (Phi) is 4.07. The third kappa shape index (κ3) is 2.94. The summed E-state index contributed by atoms with van der Waals surface area (Å²) in [5.41, 5.74) is 3.13. The highest BCUT2D eigenvalue weighted by atomic mass is 32.1. The van der Waals surface area contributed by atoms with Crippen LogP contribution in [0.2, 0.25) is 0 Å². The Balaban J connectivity index is 1.83.